The van der Waals surface area contributed by atoms with Gasteiger partial charge in [0.05, 0.1) is 5.54 Å². The minimum atomic E-state index is -0.223. The van der Waals surface area contributed by atoms with Crippen LogP contribution in [0.5, 0.6) is 5.75 Å². The Balaban J connectivity index is 3.12. The molecule has 0 heterocycles. The summed E-state index contributed by atoms with van der Waals surface area (Å²) in [5.74, 6) is 0.282. The average Bonchev–Trinajstić information content (AvgIpc) is 2.16. The van der Waals surface area contributed by atoms with E-state index in [4.69, 9.17) is 5.73 Å². The number of nitrogens with zero attached hydrogens (tertiary/aromatic N) is 1. The predicted octanol–water partition coefficient (Wildman–Crippen LogP) is 1.13. The average molecular weight is 194 g/mol. The molecule has 1 atom stereocenters. The zero-order valence-corrected chi connectivity index (χ0v) is 8.99. The largest absolute Gasteiger partial charge is 0.508 e. The molecular weight excluding hydrogens is 176 g/mol. The molecule has 0 aliphatic carbocycles. The van der Waals surface area contributed by atoms with Crippen LogP contribution in [0.25, 0.3) is 0 Å². The molecule has 3 N–H and O–H groups in total. The van der Waals surface area contributed by atoms with Crippen molar-refractivity contribution < 1.29 is 5.11 Å². The van der Waals surface area contributed by atoms with Crippen LogP contribution in [-0.2, 0) is 5.54 Å². The molecule has 0 aliphatic rings. The maximum atomic E-state index is 9.39. The van der Waals surface area contributed by atoms with Gasteiger partial charge in [-0.05, 0) is 38.7 Å². The standard InChI is InChI=1S/C11H18N2O/c1-11(8-12,13(2)3)9-5-4-6-10(14)7-9/h4-7,14H,8,12H2,1-3H3. The van der Waals surface area contributed by atoms with E-state index in [-0.39, 0.29) is 11.3 Å². The zero-order valence-electron chi connectivity index (χ0n) is 8.99. The highest BCUT2D eigenvalue weighted by Gasteiger charge is 2.27. The molecule has 3 heteroatoms. The minimum Gasteiger partial charge on any atom is -0.508 e. The number of likely N-dealkylation sites (N-methyl/N-ethyl adjacent to an activating group) is 1. The van der Waals surface area contributed by atoms with Crippen LogP contribution < -0.4 is 5.73 Å². The van der Waals surface area contributed by atoms with Crippen LogP contribution >= 0.6 is 0 Å². The van der Waals surface area contributed by atoms with Gasteiger partial charge in [0.1, 0.15) is 5.75 Å². The Bertz CT molecular complexity index is 312. The Kier molecular flexibility index (Phi) is 3.13. The molecule has 78 valence electrons. The molecule has 0 fully saturated rings. The Morgan fingerprint density at radius 2 is 2.07 bits per heavy atom. The summed E-state index contributed by atoms with van der Waals surface area (Å²) >= 11 is 0. The monoisotopic (exact) mass is 194 g/mol. The Morgan fingerprint density at radius 1 is 1.43 bits per heavy atom. The van der Waals surface area contributed by atoms with E-state index in [1.54, 1.807) is 12.1 Å². The Hall–Kier alpha value is -1.06. The second-order valence-electron chi connectivity index (χ2n) is 3.92. The quantitative estimate of drug-likeness (QED) is 0.758. The second-order valence-corrected chi connectivity index (χ2v) is 3.92. The van der Waals surface area contributed by atoms with E-state index in [0.717, 1.165) is 5.56 Å². The van der Waals surface area contributed by atoms with E-state index < -0.39 is 0 Å². The molecule has 0 radical (unpaired) electrons. The lowest BCUT2D eigenvalue weighted by molar-refractivity contribution is 0.182. The highest BCUT2D eigenvalue weighted by atomic mass is 16.3. The third-order valence-corrected chi connectivity index (χ3v) is 2.85. The summed E-state index contributed by atoms with van der Waals surface area (Å²) < 4.78 is 0. The molecule has 1 unspecified atom stereocenters. The minimum absolute atomic E-state index is 0.223. The van der Waals surface area contributed by atoms with Gasteiger partial charge in [0, 0.05) is 6.54 Å². The number of hydrogen-bond donors (Lipinski definition) is 2. The van der Waals surface area contributed by atoms with Crippen molar-refractivity contribution >= 4 is 0 Å². The highest BCUT2D eigenvalue weighted by Crippen LogP contribution is 2.27. The number of hydrogen-bond acceptors (Lipinski definition) is 3. The van der Waals surface area contributed by atoms with E-state index in [9.17, 15) is 5.11 Å². The molecule has 0 saturated carbocycles. The molecule has 0 saturated heterocycles. The van der Waals surface area contributed by atoms with Gasteiger partial charge in [0.25, 0.3) is 0 Å². The van der Waals surface area contributed by atoms with Gasteiger partial charge in [-0.3, -0.25) is 4.90 Å². The van der Waals surface area contributed by atoms with Crippen molar-refractivity contribution in [2.45, 2.75) is 12.5 Å². The van der Waals surface area contributed by atoms with Crippen molar-refractivity contribution in [3.05, 3.63) is 29.8 Å². The van der Waals surface area contributed by atoms with Crippen molar-refractivity contribution in [2.75, 3.05) is 20.6 Å². The van der Waals surface area contributed by atoms with E-state index in [1.165, 1.54) is 0 Å². The maximum Gasteiger partial charge on any atom is 0.115 e. The Labute approximate surface area is 85.2 Å². The van der Waals surface area contributed by atoms with Gasteiger partial charge in [0.2, 0.25) is 0 Å². The van der Waals surface area contributed by atoms with Gasteiger partial charge in [-0.2, -0.15) is 0 Å². The summed E-state index contributed by atoms with van der Waals surface area (Å²) in [6, 6.07) is 7.23. The first-order chi connectivity index (χ1) is 6.50. The molecule has 0 amide bonds. The molecule has 0 aliphatic heterocycles. The van der Waals surface area contributed by atoms with Crippen molar-refractivity contribution in [3.63, 3.8) is 0 Å². The van der Waals surface area contributed by atoms with E-state index >= 15 is 0 Å². The van der Waals surface area contributed by atoms with Crippen LogP contribution in [0.15, 0.2) is 24.3 Å². The van der Waals surface area contributed by atoms with Gasteiger partial charge in [-0.25, -0.2) is 0 Å². The van der Waals surface area contributed by atoms with Gasteiger partial charge in [-0.15, -0.1) is 0 Å². The zero-order chi connectivity index (χ0) is 10.8. The smallest absolute Gasteiger partial charge is 0.115 e. The first kappa shape index (κ1) is 11.0. The van der Waals surface area contributed by atoms with Gasteiger partial charge < -0.3 is 10.8 Å². The highest BCUT2D eigenvalue weighted by molar-refractivity contribution is 5.32. The molecule has 0 aromatic heterocycles. The molecule has 1 aromatic rings. The molecule has 0 bridgehead atoms. The lowest BCUT2D eigenvalue weighted by Gasteiger charge is -2.35. The molecule has 1 aromatic carbocycles. The summed E-state index contributed by atoms with van der Waals surface area (Å²) in [5.41, 5.74) is 6.58. The molecule has 1 rings (SSSR count). The van der Waals surface area contributed by atoms with E-state index in [2.05, 4.69) is 11.8 Å². The van der Waals surface area contributed by atoms with Gasteiger partial charge in [-0.1, -0.05) is 12.1 Å². The second kappa shape index (κ2) is 3.98. The number of rotatable bonds is 3. The SMILES string of the molecule is CN(C)C(C)(CN)c1cccc(O)c1. The summed E-state index contributed by atoms with van der Waals surface area (Å²) in [4.78, 5) is 2.06. The third kappa shape index (κ3) is 1.89. The molecule has 3 nitrogen and oxygen atoms in total. The number of nitrogens with two attached hydrogens (primary N) is 1. The predicted molar refractivity (Wildman–Crippen MR) is 58.2 cm³/mol. The summed E-state index contributed by atoms with van der Waals surface area (Å²) in [5, 5.41) is 9.39. The molecule has 14 heavy (non-hydrogen) atoms. The number of benzene rings is 1. The van der Waals surface area contributed by atoms with Crippen molar-refractivity contribution in [1.29, 1.82) is 0 Å². The van der Waals surface area contributed by atoms with Gasteiger partial charge >= 0.3 is 0 Å². The van der Waals surface area contributed by atoms with Crippen LogP contribution in [0.4, 0.5) is 0 Å². The van der Waals surface area contributed by atoms with Crippen LogP contribution in [-0.4, -0.2) is 30.6 Å². The van der Waals surface area contributed by atoms with Crippen LogP contribution in [0.2, 0.25) is 0 Å². The Morgan fingerprint density at radius 3 is 2.50 bits per heavy atom. The molecular formula is C11H18N2O. The number of aromatic hydroxyl groups is 1. The van der Waals surface area contributed by atoms with Crippen molar-refractivity contribution in [3.8, 4) is 5.75 Å². The fourth-order valence-electron chi connectivity index (χ4n) is 1.40. The first-order valence-corrected chi connectivity index (χ1v) is 4.67. The van der Waals surface area contributed by atoms with Crippen LogP contribution in [0.1, 0.15) is 12.5 Å². The number of phenols is 1. The summed E-state index contributed by atoms with van der Waals surface area (Å²) in [6.07, 6.45) is 0. The number of phenolic OH excluding ortho intramolecular Hbond substituents is 1. The normalized spacial score (nSPS) is 15.5. The van der Waals surface area contributed by atoms with E-state index in [0.29, 0.717) is 6.54 Å². The third-order valence-electron chi connectivity index (χ3n) is 2.85. The fraction of sp³-hybridized carbons (Fsp3) is 0.455. The topological polar surface area (TPSA) is 49.5 Å². The summed E-state index contributed by atoms with van der Waals surface area (Å²) in [6.45, 7) is 2.57. The maximum absolute atomic E-state index is 9.39. The lowest BCUT2D eigenvalue weighted by Crippen LogP contribution is -2.44. The lowest BCUT2D eigenvalue weighted by atomic mass is 9.91. The van der Waals surface area contributed by atoms with E-state index in [1.807, 2.05) is 26.2 Å². The fourth-order valence-corrected chi connectivity index (χ4v) is 1.40. The van der Waals surface area contributed by atoms with Crippen molar-refractivity contribution in [2.24, 2.45) is 5.73 Å². The molecule has 0 spiro atoms. The van der Waals surface area contributed by atoms with Gasteiger partial charge in [0.15, 0.2) is 0 Å². The van der Waals surface area contributed by atoms with Crippen LogP contribution in [0.3, 0.4) is 0 Å². The summed E-state index contributed by atoms with van der Waals surface area (Å²) in [7, 11) is 3.97. The van der Waals surface area contributed by atoms with Crippen molar-refractivity contribution in [1.82, 2.24) is 4.90 Å². The first-order valence-electron chi connectivity index (χ1n) is 4.67. The van der Waals surface area contributed by atoms with Crippen LogP contribution in [0, 0.1) is 0 Å².